The summed E-state index contributed by atoms with van der Waals surface area (Å²) < 4.78 is 0. The molecule has 1 aliphatic carbocycles. The quantitative estimate of drug-likeness (QED) is 0.638. The van der Waals surface area contributed by atoms with Crippen LogP contribution in [0.5, 0.6) is 0 Å². The molecule has 2 N–H and O–H groups in total. The molecular formula is C22H26N2O2S2. The third kappa shape index (κ3) is 6.91. The number of carbonyl (C=O) groups excluding carboxylic acids is 2. The standard InChI is InChI=1S/C22H26N2O2S2/c25-21(15-27-17-9-3-1-4-10-17)23-19-13-7-8-14-20(19)24-22(26)16-28-18-11-5-2-6-12-18/h1-6,9-12,19-20H,7-8,13-16H2,(H,23,25)(H,24,26)/t19-,20-/m1/s1. The lowest BCUT2D eigenvalue weighted by molar-refractivity contribution is -0.122. The number of carbonyl (C=O) groups is 2. The van der Waals surface area contributed by atoms with Crippen LogP contribution in [0.3, 0.4) is 0 Å². The van der Waals surface area contributed by atoms with Crippen molar-refractivity contribution in [3.8, 4) is 0 Å². The van der Waals surface area contributed by atoms with Crippen LogP contribution in [-0.4, -0.2) is 35.4 Å². The zero-order valence-electron chi connectivity index (χ0n) is 15.8. The highest BCUT2D eigenvalue weighted by Gasteiger charge is 2.27. The van der Waals surface area contributed by atoms with Gasteiger partial charge in [0, 0.05) is 21.9 Å². The molecule has 4 nitrogen and oxygen atoms in total. The smallest absolute Gasteiger partial charge is 0.230 e. The summed E-state index contributed by atoms with van der Waals surface area (Å²) in [5.74, 6) is 0.841. The average Bonchev–Trinajstić information content (AvgIpc) is 2.74. The average molecular weight is 415 g/mol. The Balaban J connectivity index is 1.45. The van der Waals surface area contributed by atoms with Crippen LogP contribution in [0.4, 0.5) is 0 Å². The van der Waals surface area contributed by atoms with Crippen LogP contribution in [0, 0.1) is 0 Å². The molecule has 0 bridgehead atoms. The zero-order valence-corrected chi connectivity index (χ0v) is 17.4. The highest BCUT2D eigenvalue weighted by atomic mass is 32.2. The van der Waals surface area contributed by atoms with Gasteiger partial charge in [-0.2, -0.15) is 0 Å². The van der Waals surface area contributed by atoms with E-state index < -0.39 is 0 Å². The van der Waals surface area contributed by atoms with Crippen molar-refractivity contribution in [2.45, 2.75) is 47.6 Å². The molecule has 0 aromatic heterocycles. The van der Waals surface area contributed by atoms with E-state index in [1.54, 1.807) is 0 Å². The first-order valence-corrected chi connectivity index (χ1v) is 11.6. The summed E-state index contributed by atoms with van der Waals surface area (Å²) in [6.45, 7) is 0. The first-order valence-electron chi connectivity index (χ1n) is 9.65. The normalized spacial score (nSPS) is 19.0. The minimum Gasteiger partial charge on any atom is -0.351 e. The van der Waals surface area contributed by atoms with Gasteiger partial charge in [-0.25, -0.2) is 0 Å². The van der Waals surface area contributed by atoms with Crippen molar-refractivity contribution in [2.75, 3.05) is 11.5 Å². The Hall–Kier alpha value is -1.92. The van der Waals surface area contributed by atoms with E-state index in [1.165, 1.54) is 23.5 Å². The molecule has 0 aliphatic heterocycles. The third-order valence-corrected chi connectivity index (χ3v) is 6.71. The molecule has 0 radical (unpaired) electrons. The van der Waals surface area contributed by atoms with E-state index in [0.29, 0.717) is 11.5 Å². The van der Waals surface area contributed by atoms with Gasteiger partial charge >= 0.3 is 0 Å². The van der Waals surface area contributed by atoms with Gasteiger partial charge in [0.15, 0.2) is 0 Å². The van der Waals surface area contributed by atoms with Gasteiger partial charge in [0.05, 0.1) is 11.5 Å². The molecule has 0 unspecified atom stereocenters. The molecule has 0 heterocycles. The Morgan fingerprint density at radius 3 is 1.50 bits per heavy atom. The van der Waals surface area contributed by atoms with Crippen molar-refractivity contribution in [3.05, 3.63) is 60.7 Å². The summed E-state index contributed by atoms with van der Waals surface area (Å²) in [7, 11) is 0. The van der Waals surface area contributed by atoms with Gasteiger partial charge in [0.1, 0.15) is 0 Å². The van der Waals surface area contributed by atoms with Crippen LogP contribution >= 0.6 is 23.5 Å². The van der Waals surface area contributed by atoms with Gasteiger partial charge in [-0.05, 0) is 37.1 Å². The first kappa shape index (κ1) is 20.8. The molecule has 0 saturated heterocycles. The topological polar surface area (TPSA) is 58.2 Å². The molecule has 148 valence electrons. The monoisotopic (exact) mass is 414 g/mol. The van der Waals surface area contributed by atoms with Crippen molar-refractivity contribution < 1.29 is 9.59 Å². The van der Waals surface area contributed by atoms with Crippen molar-refractivity contribution in [1.29, 1.82) is 0 Å². The molecule has 28 heavy (non-hydrogen) atoms. The summed E-state index contributed by atoms with van der Waals surface area (Å²) in [5, 5.41) is 6.27. The van der Waals surface area contributed by atoms with Gasteiger partial charge in [-0.3, -0.25) is 9.59 Å². The lowest BCUT2D eigenvalue weighted by Crippen LogP contribution is -2.53. The Labute approximate surface area is 175 Å². The van der Waals surface area contributed by atoms with Crippen LogP contribution in [-0.2, 0) is 9.59 Å². The van der Waals surface area contributed by atoms with Gasteiger partial charge < -0.3 is 10.6 Å². The second-order valence-electron chi connectivity index (χ2n) is 6.84. The highest BCUT2D eigenvalue weighted by Crippen LogP contribution is 2.21. The molecule has 6 heteroatoms. The number of hydrogen-bond donors (Lipinski definition) is 2. The molecule has 1 aliphatic rings. The summed E-state index contributed by atoms with van der Waals surface area (Å²) in [6, 6.07) is 19.9. The summed E-state index contributed by atoms with van der Waals surface area (Å²) >= 11 is 3.07. The second-order valence-corrected chi connectivity index (χ2v) is 8.93. The van der Waals surface area contributed by atoms with Crippen LogP contribution < -0.4 is 10.6 Å². The number of benzene rings is 2. The maximum atomic E-state index is 12.4. The molecule has 2 aromatic rings. The van der Waals surface area contributed by atoms with Crippen LogP contribution in [0.2, 0.25) is 0 Å². The maximum absolute atomic E-state index is 12.4. The zero-order chi connectivity index (χ0) is 19.6. The van der Waals surface area contributed by atoms with E-state index in [1.807, 2.05) is 60.7 Å². The number of hydrogen-bond acceptors (Lipinski definition) is 4. The Morgan fingerprint density at radius 1 is 0.714 bits per heavy atom. The summed E-state index contributed by atoms with van der Waals surface area (Å²) in [6.07, 6.45) is 4.00. The SMILES string of the molecule is O=C(CSc1ccccc1)N[C@@H]1CCCC[C@H]1NC(=O)CSc1ccccc1. The van der Waals surface area contributed by atoms with Crippen molar-refractivity contribution in [2.24, 2.45) is 0 Å². The number of rotatable bonds is 8. The largest absolute Gasteiger partial charge is 0.351 e. The number of thioether (sulfide) groups is 2. The number of nitrogens with one attached hydrogen (secondary N) is 2. The van der Waals surface area contributed by atoms with Gasteiger partial charge in [-0.15, -0.1) is 23.5 Å². The highest BCUT2D eigenvalue weighted by molar-refractivity contribution is 8.00. The van der Waals surface area contributed by atoms with Crippen LogP contribution in [0.1, 0.15) is 25.7 Å². The Bertz CT molecular complexity index is 690. The lowest BCUT2D eigenvalue weighted by Gasteiger charge is -2.32. The molecule has 2 aromatic carbocycles. The Kier molecular flexibility index (Phi) is 8.30. The fourth-order valence-corrected chi connectivity index (χ4v) is 4.77. The maximum Gasteiger partial charge on any atom is 0.230 e. The number of amides is 2. The second kappa shape index (κ2) is 11.2. The van der Waals surface area contributed by atoms with E-state index in [2.05, 4.69) is 10.6 Å². The van der Waals surface area contributed by atoms with E-state index in [4.69, 9.17) is 0 Å². The van der Waals surface area contributed by atoms with Crippen LogP contribution in [0.15, 0.2) is 70.5 Å². The summed E-state index contributed by atoms with van der Waals surface area (Å²) in [4.78, 5) is 26.9. The van der Waals surface area contributed by atoms with Crippen molar-refractivity contribution >= 4 is 35.3 Å². The van der Waals surface area contributed by atoms with Crippen molar-refractivity contribution in [3.63, 3.8) is 0 Å². The predicted octanol–water partition coefficient (Wildman–Crippen LogP) is 4.11. The predicted molar refractivity (Wildman–Crippen MR) is 117 cm³/mol. The lowest BCUT2D eigenvalue weighted by atomic mass is 9.90. The van der Waals surface area contributed by atoms with E-state index in [9.17, 15) is 9.59 Å². The van der Waals surface area contributed by atoms with E-state index in [-0.39, 0.29) is 23.9 Å². The Morgan fingerprint density at radius 2 is 1.11 bits per heavy atom. The van der Waals surface area contributed by atoms with E-state index >= 15 is 0 Å². The fourth-order valence-electron chi connectivity index (χ4n) is 3.30. The first-order chi connectivity index (χ1) is 13.7. The minimum absolute atomic E-state index is 0.0169. The minimum atomic E-state index is 0.0169. The third-order valence-electron chi connectivity index (χ3n) is 4.68. The van der Waals surface area contributed by atoms with Gasteiger partial charge in [0.25, 0.3) is 0 Å². The molecule has 3 rings (SSSR count). The van der Waals surface area contributed by atoms with E-state index in [0.717, 1.165) is 35.5 Å². The molecule has 0 spiro atoms. The molecule has 1 saturated carbocycles. The molecule has 1 fully saturated rings. The van der Waals surface area contributed by atoms with Gasteiger partial charge in [-0.1, -0.05) is 49.2 Å². The fraction of sp³-hybridized carbons (Fsp3) is 0.364. The summed E-state index contributed by atoms with van der Waals surface area (Å²) in [5.41, 5.74) is 0. The molecular weight excluding hydrogens is 388 g/mol. The molecule has 2 atom stereocenters. The van der Waals surface area contributed by atoms with Gasteiger partial charge in [0.2, 0.25) is 11.8 Å². The van der Waals surface area contributed by atoms with Crippen molar-refractivity contribution in [1.82, 2.24) is 10.6 Å². The molecule has 2 amide bonds. The van der Waals surface area contributed by atoms with Crippen LogP contribution in [0.25, 0.3) is 0 Å².